The standard InChI is InChI=1S/C18H14F3NO5/c19-18(20,21)12-3-1-2-11(8-12)17(24)27-10-16(23)22-13-4-5-14-15(9-13)26-7-6-25-14/h1-5,8-9H,6-7,10H2,(H,22,23). The van der Waals surface area contributed by atoms with Crippen LogP contribution in [0.25, 0.3) is 0 Å². The number of alkyl halides is 3. The summed E-state index contributed by atoms with van der Waals surface area (Å²) in [7, 11) is 0. The zero-order valence-corrected chi connectivity index (χ0v) is 13.8. The Bertz CT molecular complexity index is 866. The molecule has 0 unspecified atom stereocenters. The smallest absolute Gasteiger partial charge is 0.416 e. The molecule has 1 amide bonds. The van der Waals surface area contributed by atoms with Gasteiger partial charge in [-0.2, -0.15) is 13.2 Å². The summed E-state index contributed by atoms with van der Waals surface area (Å²) < 4.78 is 53.5. The molecule has 0 fully saturated rings. The number of benzene rings is 2. The van der Waals surface area contributed by atoms with Crippen molar-refractivity contribution in [2.75, 3.05) is 25.1 Å². The Kier molecular flexibility index (Phi) is 5.20. The maximum atomic E-state index is 12.7. The third-order valence-corrected chi connectivity index (χ3v) is 3.59. The molecule has 2 aromatic rings. The number of esters is 1. The lowest BCUT2D eigenvalue weighted by molar-refractivity contribution is -0.137. The molecule has 142 valence electrons. The molecule has 3 rings (SSSR count). The highest BCUT2D eigenvalue weighted by atomic mass is 19.4. The lowest BCUT2D eigenvalue weighted by Crippen LogP contribution is -2.21. The van der Waals surface area contributed by atoms with Crippen LogP contribution in [-0.4, -0.2) is 31.7 Å². The first-order chi connectivity index (χ1) is 12.8. The van der Waals surface area contributed by atoms with Gasteiger partial charge in [0.25, 0.3) is 5.91 Å². The summed E-state index contributed by atoms with van der Waals surface area (Å²) in [6, 6.07) is 8.54. The van der Waals surface area contributed by atoms with Gasteiger partial charge in [-0.25, -0.2) is 4.79 Å². The molecule has 0 saturated carbocycles. The number of carbonyl (C=O) groups is 2. The Labute approximate surface area is 151 Å². The van der Waals surface area contributed by atoms with Crippen LogP contribution >= 0.6 is 0 Å². The first-order valence-electron chi connectivity index (χ1n) is 7.87. The number of anilines is 1. The predicted molar refractivity (Wildman–Crippen MR) is 87.8 cm³/mol. The minimum absolute atomic E-state index is 0.294. The van der Waals surface area contributed by atoms with Gasteiger partial charge in [0.2, 0.25) is 0 Å². The van der Waals surface area contributed by atoms with Crippen molar-refractivity contribution in [2.24, 2.45) is 0 Å². The van der Waals surface area contributed by atoms with E-state index in [1.54, 1.807) is 18.2 Å². The van der Waals surface area contributed by atoms with Gasteiger partial charge in [-0.05, 0) is 30.3 Å². The van der Waals surface area contributed by atoms with Gasteiger partial charge in [0.1, 0.15) is 13.2 Å². The number of fused-ring (bicyclic) bond motifs is 1. The fourth-order valence-electron chi connectivity index (χ4n) is 2.36. The highest BCUT2D eigenvalue weighted by molar-refractivity contribution is 5.95. The number of hydrogen-bond donors (Lipinski definition) is 1. The zero-order chi connectivity index (χ0) is 19.4. The van der Waals surface area contributed by atoms with E-state index < -0.39 is 30.2 Å². The molecule has 0 atom stereocenters. The molecule has 0 aliphatic carbocycles. The zero-order valence-electron chi connectivity index (χ0n) is 13.8. The van der Waals surface area contributed by atoms with Gasteiger partial charge in [-0.15, -0.1) is 0 Å². The van der Waals surface area contributed by atoms with E-state index >= 15 is 0 Å². The normalized spacial score (nSPS) is 13.0. The van der Waals surface area contributed by atoms with E-state index in [-0.39, 0.29) is 5.56 Å². The first kappa shape index (κ1) is 18.6. The fourth-order valence-corrected chi connectivity index (χ4v) is 2.36. The van der Waals surface area contributed by atoms with Gasteiger partial charge in [0.05, 0.1) is 11.1 Å². The summed E-state index contributed by atoms with van der Waals surface area (Å²) in [6.07, 6.45) is -4.58. The summed E-state index contributed by atoms with van der Waals surface area (Å²) in [5, 5.41) is 2.50. The van der Waals surface area contributed by atoms with Gasteiger partial charge >= 0.3 is 12.1 Å². The predicted octanol–water partition coefficient (Wildman–Crippen LogP) is 3.27. The van der Waals surface area contributed by atoms with Crippen LogP contribution in [0.15, 0.2) is 42.5 Å². The molecule has 1 aliphatic heterocycles. The van der Waals surface area contributed by atoms with Gasteiger partial charge in [0.15, 0.2) is 18.1 Å². The number of hydrogen-bond acceptors (Lipinski definition) is 5. The van der Waals surface area contributed by atoms with Crippen LogP contribution in [0.2, 0.25) is 0 Å². The maximum absolute atomic E-state index is 12.7. The van der Waals surface area contributed by atoms with Crippen LogP contribution in [0, 0.1) is 0 Å². The van der Waals surface area contributed by atoms with Crippen LogP contribution in [0.3, 0.4) is 0 Å². The second-order valence-electron chi connectivity index (χ2n) is 5.56. The third kappa shape index (κ3) is 4.69. The number of amides is 1. The average molecular weight is 381 g/mol. The minimum atomic E-state index is -4.58. The second kappa shape index (κ2) is 7.56. The van der Waals surface area contributed by atoms with Crippen molar-refractivity contribution in [1.82, 2.24) is 0 Å². The highest BCUT2D eigenvalue weighted by Crippen LogP contribution is 2.32. The summed E-state index contributed by atoms with van der Waals surface area (Å²) in [6.45, 7) is 0.173. The molecule has 6 nitrogen and oxygen atoms in total. The summed E-state index contributed by atoms with van der Waals surface area (Å²) in [5.41, 5.74) is -0.867. The monoisotopic (exact) mass is 381 g/mol. The van der Waals surface area contributed by atoms with Crippen LogP contribution in [-0.2, 0) is 15.7 Å². The van der Waals surface area contributed by atoms with Crippen LogP contribution < -0.4 is 14.8 Å². The van der Waals surface area contributed by atoms with Gasteiger partial charge in [0, 0.05) is 11.8 Å². The Morgan fingerprint density at radius 2 is 1.78 bits per heavy atom. The fraction of sp³-hybridized carbons (Fsp3) is 0.222. The molecule has 1 aliphatic rings. The lowest BCUT2D eigenvalue weighted by Gasteiger charge is -2.19. The summed E-state index contributed by atoms with van der Waals surface area (Å²) in [4.78, 5) is 23.8. The van der Waals surface area contributed by atoms with Crippen molar-refractivity contribution in [3.05, 3.63) is 53.6 Å². The van der Waals surface area contributed by atoms with E-state index in [1.165, 1.54) is 6.07 Å². The van der Waals surface area contributed by atoms with Crippen molar-refractivity contribution in [1.29, 1.82) is 0 Å². The number of carbonyl (C=O) groups excluding carboxylic acids is 2. The Morgan fingerprint density at radius 1 is 1.04 bits per heavy atom. The Morgan fingerprint density at radius 3 is 2.52 bits per heavy atom. The third-order valence-electron chi connectivity index (χ3n) is 3.59. The molecule has 2 aromatic carbocycles. The molecule has 1 heterocycles. The van der Waals surface area contributed by atoms with Crippen molar-refractivity contribution < 1.29 is 37.0 Å². The van der Waals surface area contributed by atoms with E-state index in [1.807, 2.05) is 0 Å². The molecule has 1 N–H and O–H groups in total. The average Bonchev–Trinajstić information content (AvgIpc) is 2.65. The van der Waals surface area contributed by atoms with E-state index in [9.17, 15) is 22.8 Å². The number of rotatable bonds is 4. The van der Waals surface area contributed by atoms with Crippen molar-refractivity contribution in [3.63, 3.8) is 0 Å². The number of nitrogens with one attached hydrogen (secondary N) is 1. The van der Waals surface area contributed by atoms with E-state index in [4.69, 9.17) is 14.2 Å². The molecule has 0 saturated heterocycles. The molecular weight excluding hydrogens is 367 g/mol. The Hall–Kier alpha value is -3.23. The van der Waals surface area contributed by atoms with Gasteiger partial charge < -0.3 is 19.5 Å². The molecule has 0 aromatic heterocycles. The minimum Gasteiger partial charge on any atom is -0.486 e. The first-order valence-corrected chi connectivity index (χ1v) is 7.87. The summed E-state index contributed by atoms with van der Waals surface area (Å²) in [5.74, 6) is -0.652. The van der Waals surface area contributed by atoms with Crippen LogP contribution in [0.5, 0.6) is 11.5 Å². The summed E-state index contributed by atoms with van der Waals surface area (Å²) >= 11 is 0. The quantitative estimate of drug-likeness (QED) is 0.823. The van der Waals surface area contributed by atoms with Crippen LogP contribution in [0.1, 0.15) is 15.9 Å². The Balaban J connectivity index is 1.57. The van der Waals surface area contributed by atoms with Gasteiger partial charge in [-0.1, -0.05) is 6.07 Å². The molecule has 9 heteroatoms. The van der Waals surface area contributed by atoms with Crippen molar-refractivity contribution in [3.8, 4) is 11.5 Å². The maximum Gasteiger partial charge on any atom is 0.416 e. The van der Waals surface area contributed by atoms with Crippen LogP contribution in [0.4, 0.5) is 18.9 Å². The second-order valence-corrected chi connectivity index (χ2v) is 5.56. The van der Waals surface area contributed by atoms with Gasteiger partial charge in [-0.3, -0.25) is 4.79 Å². The molecule has 0 spiro atoms. The molecular formula is C18H14F3NO5. The van der Waals surface area contributed by atoms with Crippen molar-refractivity contribution in [2.45, 2.75) is 6.18 Å². The molecule has 27 heavy (non-hydrogen) atoms. The van der Waals surface area contributed by atoms with E-state index in [0.29, 0.717) is 36.5 Å². The van der Waals surface area contributed by atoms with Crippen molar-refractivity contribution >= 4 is 17.6 Å². The highest BCUT2D eigenvalue weighted by Gasteiger charge is 2.31. The molecule has 0 bridgehead atoms. The number of ether oxygens (including phenoxy) is 3. The number of halogens is 3. The lowest BCUT2D eigenvalue weighted by atomic mass is 10.1. The van der Waals surface area contributed by atoms with E-state index in [2.05, 4.69) is 5.32 Å². The largest absolute Gasteiger partial charge is 0.486 e. The van der Waals surface area contributed by atoms with E-state index in [0.717, 1.165) is 12.1 Å². The molecule has 0 radical (unpaired) electrons. The topological polar surface area (TPSA) is 73.9 Å². The SMILES string of the molecule is O=C(COC(=O)c1cccc(C(F)(F)F)c1)Nc1ccc2c(c1)OCCO2.